The van der Waals surface area contributed by atoms with E-state index in [0.717, 1.165) is 0 Å². The molecule has 4 aromatic rings. The molecule has 190 valence electrons. The number of para-hydroxylation sites is 2. The summed E-state index contributed by atoms with van der Waals surface area (Å²) in [5.41, 5.74) is -3.01. The summed E-state index contributed by atoms with van der Waals surface area (Å²) in [7, 11) is 0. The van der Waals surface area contributed by atoms with Gasteiger partial charge in [0.05, 0.1) is 0 Å². The standard InChI is InChI=1S/C32H28N2O4/c1-31(27(35)23-15-7-3-8-16-23,29(37)33-25-19-11-5-12-20-25)32(2,28(36)24-17-9-4-10-18-24)30(38)34-26-21-13-6-14-22-26/h3-22H,1-2H3,(H,33,37)(H,34,38). The number of amides is 2. The summed E-state index contributed by atoms with van der Waals surface area (Å²) in [4.78, 5) is 56.7. The normalized spacial score (nSPS) is 13.8. The highest BCUT2D eigenvalue weighted by atomic mass is 16.2. The van der Waals surface area contributed by atoms with Gasteiger partial charge in [0.25, 0.3) is 0 Å². The van der Waals surface area contributed by atoms with Crippen molar-refractivity contribution in [3.05, 3.63) is 132 Å². The molecule has 4 rings (SSSR count). The summed E-state index contributed by atoms with van der Waals surface area (Å²) in [5, 5.41) is 5.54. The molecule has 38 heavy (non-hydrogen) atoms. The summed E-state index contributed by atoms with van der Waals surface area (Å²) in [6.45, 7) is 2.73. The van der Waals surface area contributed by atoms with Gasteiger partial charge in [0.15, 0.2) is 11.6 Å². The van der Waals surface area contributed by atoms with Gasteiger partial charge in [-0.05, 0) is 38.1 Å². The van der Waals surface area contributed by atoms with Crippen molar-refractivity contribution in [2.45, 2.75) is 13.8 Å². The lowest BCUT2D eigenvalue weighted by molar-refractivity contribution is -0.136. The zero-order valence-electron chi connectivity index (χ0n) is 21.2. The highest BCUT2D eigenvalue weighted by Gasteiger charge is 2.63. The summed E-state index contributed by atoms with van der Waals surface area (Å²) in [6, 6.07) is 33.7. The monoisotopic (exact) mass is 504 g/mol. The van der Waals surface area contributed by atoms with E-state index in [2.05, 4.69) is 10.6 Å². The first-order valence-electron chi connectivity index (χ1n) is 12.2. The number of hydrogen-bond donors (Lipinski definition) is 2. The number of nitrogens with one attached hydrogen (secondary N) is 2. The fraction of sp³-hybridized carbons (Fsp3) is 0.125. The quantitative estimate of drug-likeness (QED) is 0.215. The van der Waals surface area contributed by atoms with Gasteiger partial charge in [-0.3, -0.25) is 19.2 Å². The third-order valence-electron chi connectivity index (χ3n) is 6.95. The Bertz CT molecular complexity index is 1330. The Morgan fingerprint density at radius 2 is 0.711 bits per heavy atom. The Hall–Kier alpha value is -4.84. The minimum absolute atomic E-state index is 0.206. The van der Waals surface area contributed by atoms with Gasteiger partial charge in [0.2, 0.25) is 11.8 Å². The van der Waals surface area contributed by atoms with Gasteiger partial charge in [-0.25, -0.2) is 0 Å². The molecule has 6 nitrogen and oxygen atoms in total. The van der Waals surface area contributed by atoms with Gasteiger partial charge in [-0.1, -0.05) is 97.1 Å². The third kappa shape index (κ3) is 4.89. The molecule has 0 fully saturated rings. The second-order valence-electron chi connectivity index (χ2n) is 9.28. The molecule has 0 spiro atoms. The van der Waals surface area contributed by atoms with E-state index in [9.17, 15) is 19.2 Å². The van der Waals surface area contributed by atoms with Crippen LogP contribution in [0.15, 0.2) is 121 Å². The van der Waals surface area contributed by atoms with Crippen LogP contribution in [-0.4, -0.2) is 23.4 Å². The first kappa shape index (κ1) is 26.2. The van der Waals surface area contributed by atoms with Crippen LogP contribution in [0.2, 0.25) is 0 Å². The average molecular weight is 505 g/mol. The van der Waals surface area contributed by atoms with Crippen molar-refractivity contribution in [1.82, 2.24) is 0 Å². The maximum Gasteiger partial charge on any atom is 0.239 e. The first-order valence-corrected chi connectivity index (χ1v) is 12.2. The van der Waals surface area contributed by atoms with Crippen molar-refractivity contribution < 1.29 is 19.2 Å². The van der Waals surface area contributed by atoms with Crippen molar-refractivity contribution in [3.8, 4) is 0 Å². The Morgan fingerprint density at radius 3 is 1.00 bits per heavy atom. The van der Waals surface area contributed by atoms with Gasteiger partial charge in [0, 0.05) is 22.5 Å². The minimum atomic E-state index is -2.14. The number of Topliss-reactive ketones (excluding diaryl/α,β-unsaturated/α-hetero) is 2. The van der Waals surface area contributed by atoms with Crippen LogP contribution in [0.3, 0.4) is 0 Å². The van der Waals surface area contributed by atoms with E-state index >= 15 is 0 Å². The van der Waals surface area contributed by atoms with E-state index in [1.54, 1.807) is 121 Å². The van der Waals surface area contributed by atoms with Gasteiger partial charge in [0.1, 0.15) is 10.8 Å². The van der Waals surface area contributed by atoms with E-state index in [4.69, 9.17) is 0 Å². The largest absolute Gasteiger partial charge is 0.325 e. The first-order chi connectivity index (χ1) is 18.3. The molecule has 0 aliphatic rings. The number of benzene rings is 4. The molecular formula is C32H28N2O4. The van der Waals surface area contributed by atoms with Crippen LogP contribution in [0, 0.1) is 10.8 Å². The molecule has 0 saturated carbocycles. The molecule has 0 bridgehead atoms. The molecule has 0 radical (unpaired) electrons. The van der Waals surface area contributed by atoms with E-state index in [-0.39, 0.29) is 11.1 Å². The van der Waals surface area contributed by atoms with E-state index in [1.165, 1.54) is 13.8 Å². The Labute approximate surface area is 221 Å². The van der Waals surface area contributed by atoms with Crippen molar-refractivity contribution in [3.63, 3.8) is 0 Å². The topological polar surface area (TPSA) is 92.3 Å². The van der Waals surface area contributed by atoms with Crippen LogP contribution in [-0.2, 0) is 9.59 Å². The summed E-state index contributed by atoms with van der Waals surface area (Å²) in [6.07, 6.45) is 0. The van der Waals surface area contributed by atoms with Crippen LogP contribution in [0.5, 0.6) is 0 Å². The molecule has 0 aliphatic carbocycles. The maximum atomic E-state index is 14.2. The van der Waals surface area contributed by atoms with Crippen LogP contribution in [0.1, 0.15) is 34.6 Å². The van der Waals surface area contributed by atoms with Gasteiger partial charge in [-0.2, -0.15) is 0 Å². The molecule has 2 amide bonds. The molecular weight excluding hydrogens is 476 g/mol. The second-order valence-corrected chi connectivity index (χ2v) is 9.28. The number of carbonyl (C=O) groups excluding carboxylic acids is 4. The average Bonchev–Trinajstić information content (AvgIpc) is 2.97. The van der Waals surface area contributed by atoms with E-state index < -0.39 is 34.2 Å². The highest BCUT2D eigenvalue weighted by molar-refractivity contribution is 6.29. The number of carbonyl (C=O) groups is 4. The fourth-order valence-corrected chi connectivity index (χ4v) is 4.43. The molecule has 0 heterocycles. The molecule has 0 aliphatic heterocycles. The van der Waals surface area contributed by atoms with Gasteiger partial charge >= 0.3 is 0 Å². The number of hydrogen-bond acceptors (Lipinski definition) is 4. The van der Waals surface area contributed by atoms with E-state index in [0.29, 0.717) is 11.4 Å². The zero-order valence-corrected chi connectivity index (χ0v) is 21.2. The molecule has 2 atom stereocenters. The van der Waals surface area contributed by atoms with Crippen molar-refractivity contribution >= 4 is 34.8 Å². The highest BCUT2D eigenvalue weighted by Crippen LogP contribution is 2.46. The zero-order chi connectivity index (χ0) is 27.2. The molecule has 0 aromatic heterocycles. The molecule has 4 aromatic carbocycles. The Kier molecular flexibility index (Phi) is 7.63. The predicted molar refractivity (Wildman–Crippen MR) is 148 cm³/mol. The second kappa shape index (κ2) is 11.0. The fourth-order valence-electron chi connectivity index (χ4n) is 4.43. The predicted octanol–water partition coefficient (Wildman–Crippen LogP) is 6.04. The third-order valence-corrected chi connectivity index (χ3v) is 6.95. The van der Waals surface area contributed by atoms with Crippen LogP contribution < -0.4 is 10.6 Å². The minimum Gasteiger partial charge on any atom is -0.325 e. The van der Waals surface area contributed by atoms with Crippen molar-refractivity contribution in [2.75, 3.05) is 10.6 Å². The van der Waals surface area contributed by atoms with Gasteiger partial charge < -0.3 is 10.6 Å². The van der Waals surface area contributed by atoms with E-state index in [1.807, 2.05) is 0 Å². The summed E-state index contributed by atoms with van der Waals surface area (Å²) < 4.78 is 0. The molecule has 6 heteroatoms. The molecule has 2 unspecified atom stereocenters. The van der Waals surface area contributed by atoms with Crippen LogP contribution in [0.25, 0.3) is 0 Å². The lowest BCUT2D eigenvalue weighted by Crippen LogP contribution is -2.61. The van der Waals surface area contributed by atoms with Crippen LogP contribution >= 0.6 is 0 Å². The summed E-state index contributed by atoms with van der Waals surface area (Å²) in [5.74, 6) is -2.84. The Balaban J connectivity index is 1.92. The summed E-state index contributed by atoms with van der Waals surface area (Å²) >= 11 is 0. The smallest absolute Gasteiger partial charge is 0.239 e. The SMILES string of the molecule is CC(C(=O)Nc1ccccc1)(C(=O)c1ccccc1)C(C)(C(=O)Nc1ccccc1)C(=O)c1ccccc1. The number of anilines is 2. The lowest BCUT2D eigenvalue weighted by Gasteiger charge is -2.41. The molecule has 2 N–H and O–H groups in total. The maximum absolute atomic E-state index is 14.2. The van der Waals surface area contributed by atoms with Crippen molar-refractivity contribution in [1.29, 1.82) is 0 Å². The number of rotatable bonds is 9. The van der Waals surface area contributed by atoms with Crippen LogP contribution in [0.4, 0.5) is 11.4 Å². The van der Waals surface area contributed by atoms with Gasteiger partial charge in [-0.15, -0.1) is 0 Å². The number of ketones is 2. The van der Waals surface area contributed by atoms with Crippen molar-refractivity contribution in [2.24, 2.45) is 10.8 Å². The molecule has 0 saturated heterocycles. The lowest BCUT2D eigenvalue weighted by atomic mass is 9.57. The Morgan fingerprint density at radius 1 is 0.447 bits per heavy atom.